The van der Waals surface area contributed by atoms with Gasteiger partial charge in [-0.15, -0.1) is 0 Å². The van der Waals surface area contributed by atoms with Gasteiger partial charge in [-0.2, -0.15) is 0 Å². The van der Waals surface area contributed by atoms with Crippen molar-refractivity contribution in [3.63, 3.8) is 0 Å². The van der Waals surface area contributed by atoms with Crippen molar-refractivity contribution in [2.45, 2.75) is 0 Å². The predicted molar refractivity (Wildman–Crippen MR) is 82.7 cm³/mol. The van der Waals surface area contributed by atoms with Gasteiger partial charge in [-0.3, -0.25) is 0 Å². The van der Waals surface area contributed by atoms with Gasteiger partial charge in [0.25, 0.3) is 0 Å². The number of aromatic nitrogens is 1. The fraction of sp³-hybridized carbons (Fsp3) is 0.0667. The van der Waals surface area contributed by atoms with Crippen LogP contribution in [0.5, 0.6) is 0 Å². The number of hydrogen-bond donors (Lipinski definition) is 0. The van der Waals surface area contributed by atoms with Crippen molar-refractivity contribution < 1.29 is 9.72 Å². The minimum absolute atomic E-state index is 0.0546. The average molecular weight is 361 g/mol. The van der Waals surface area contributed by atoms with Gasteiger partial charge in [0.2, 0.25) is 0 Å². The van der Waals surface area contributed by atoms with Crippen molar-refractivity contribution in [1.82, 2.24) is 4.57 Å². The fourth-order valence-electron chi connectivity index (χ4n) is 2.18. The predicted octanol–water partition coefficient (Wildman–Crippen LogP) is 1.73. The van der Waals surface area contributed by atoms with Gasteiger partial charge in [0.05, 0.1) is 0 Å². The van der Waals surface area contributed by atoms with Crippen LogP contribution in [0.2, 0.25) is 0 Å². The molecule has 22 heavy (non-hydrogen) atoms. The van der Waals surface area contributed by atoms with Crippen LogP contribution in [0, 0.1) is 10.1 Å². The first-order valence-corrected chi connectivity index (χ1v) is 8.07. The van der Waals surface area contributed by atoms with Gasteiger partial charge in [-0.05, 0) is 0 Å². The number of benzene rings is 2. The molecule has 3 aromatic rings. The first kappa shape index (κ1) is 14.4. The first-order valence-electron chi connectivity index (χ1n) is 6.36. The number of carbonyl (C=O) groups excluding carboxylic acids is 1. The summed E-state index contributed by atoms with van der Waals surface area (Å²) in [6.07, 6.45) is 0. The summed E-state index contributed by atoms with van der Waals surface area (Å²) in [6.45, 7) is 0. The second kappa shape index (κ2) is 5.36. The van der Waals surface area contributed by atoms with E-state index in [-0.39, 0.29) is 30.4 Å². The quantitative estimate of drug-likeness (QED) is 0.308. The van der Waals surface area contributed by atoms with Crippen LogP contribution in [-0.2, 0) is 7.05 Å². The summed E-state index contributed by atoms with van der Waals surface area (Å²) in [5.41, 5.74) is 1.65. The number of ketones is 1. The molecule has 1 heterocycles. The Bertz CT molecular complexity index is 954. The monoisotopic (exact) mass is 362 g/mol. The summed E-state index contributed by atoms with van der Waals surface area (Å²) in [6, 6.07) is 10.7. The maximum atomic E-state index is 12.4. The Morgan fingerprint density at radius 2 is 1.77 bits per heavy atom. The first-order chi connectivity index (χ1) is 10.5. The molecule has 0 fully saturated rings. The van der Waals surface area contributed by atoms with E-state index in [0.717, 1.165) is 9.78 Å². The number of rotatable bonds is 3. The molecule has 0 N–H and O–H groups in total. The third-order valence-electron chi connectivity index (χ3n) is 3.39. The molecule has 0 aliphatic heterocycles. The van der Waals surface area contributed by atoms with E-state index in [9.17, 15) is 19.7 Å². The molecular formula is C15H10N2O4Se. The third kappa shape index (κ3) is 2.41. The van der Waals surface area contributed by atoms with Crippen LogP contribution in [0.15, 0.2) is 47.3 Å². The van der Waals surface area contributed by atoms with E-state index in [1.807, 2.05) is 0 Å². The number of hydrogen-bond acceptors (Lipinski definition) is 4. The number of aryl methyl sites for hydroxylation is 1. The molecule has 110 valence electrons. The van der Waals surface area contributed by atoms with Crippen LogP contribution >= 0.6 is 0 Å². The molecule has 2 aromatic carbocycles. The summed E-state index contributed by atoms with van der Waals surface area (Å²) >= 11 is -0.310. The third-order valence-corrected chi connectivity index (χ3v) is 5.48. The molecule has 3 rings (SSSR count). The van der Waals surface area contributed by atoms with E-state index in [4.69, 9.17) is 0 Å². The van der Waals surface area contributed by atoms with E-state index >= 15 is 0 Å². The van der Waals surface area contributed by atoms with Crippen molar-refractivity contribution in [3.8, 4) is 0 Å². The second-order valence-corrected chi connectivity index (χ2v) is 6.83. The molecule has 6 nitrogen and oxygen atoms in total. The zero-order valence-corrected chi connectivity index (χ0v) is 13.2. The standard InChI is InChI=1S/C15H10N2O4Se/c1-16-12-7-4-10(8-13(12)22-15(16)19)14(18)9-2-5-11(6-3-9)17(20)21/h2-8H,1H3. The van der Waals surface area contributed by atoms with Crippen molar-refractivity contribution in [2.75, 3.05) is 0 Å². The molecule has 0 spiro atoms. The van der Waals surface area contributed by atoms with Crippen molar-refractivity contribution in [1.29, 1.82) is 0 Å². The molecule has 0 atom stereocenters. The van der Waals surface area contributed by atoms with Crippen LogP contribution < -0.4 is 4.43 Å². The molecule has 0 saturated carbocycles. The van der Waals surface area contributed by atoms with Crippen LogP contribution in [-0.4, -0.2) is 29.8 Å². The molecular weight excluding hydrogens is 351 g/mol. The van der Waals surface area contributed by atoms with Crippen LogP contribution in [0.3, 0.4) is 0 Å². The van der Waals surface area contributed by atoms with E-state index in [1.54, 1.807) is 29.8 Å². The van der Waals surface area contributed by atoms with E-state index < -0.39 is 4.92 Å². The molecule has 0 saturated heterocycles. The number of non-ortho nitro benzene ring substituents is 1. The summed E-state index contributed by atoms with van der Waals surface area (Å²) < 4.78 is 2.53. The number of nitro benzene ring substituents is 1. The Morgan fingerprint density at radius 1 is 1.14 bits per heavy atom. The topological polar surface area (TPSA) is 82.2 Å². The van der Waals surface area contributed by atoms with Gasteiger partial charge in [0.1, 0.15) is 0 Å². The maximum absolute atomic E-state index is 12.4. The number of fused-ring (bicyclic) bond motifs is 1. The minimum atomic E-state index is -0.506. The number of nitrogens with zero attached hydrogens (tertiary/aromatic N) is 2. The Hall–Kier alpha value is -2.50. The molecule has 0 bridgehead atoms. The molecule has 7 heteroatoms. The average Bonchev–Trinajstić information content (AvgIpc) is 2.81. The summed E-state index contributed by atoms with van der Waals surface area (Å²) in [5, 5.41) is 10.6. The summed E-state index contributed by atoms with van der Waals surface area (Å²) in [7, 11) is 1.72. The second-order valence-electron chi connectivity index (χ2n) is 4.74. The Labute approximate surface area is 130 Å². The molecule has 0 radical (unpaired) electrons. The Balaban J connectivity index is 2.01. The van der Waals surface area contributed by atoms with Gasteiger partial charge in [0, 0.05) is 0 Å². The van der Waals surface area contributed by atoms with Gasteiger partial charge < -0.3 is 0 Å². The van der Waals surface area contributed by atoms with Crippen LogP contribution in [0.25, 0.3) is 9.78 Å². The number of nitro groups is 1. The van der Waals surface area contributed by atoms with E-state index in [0.29, 0.717) is 11.1 Å². The van der Waals surface area contributed by atoms with Gasteiger partial charge in [0.15, 0.2) is 0 Å². The molecule has 1 aromatic heterocycles. The van der Waals surface area contributed by atoms with E-state index in [2.05, 4.69) is 0 Å². The SMILES string of the molecule is Cn1c(=O)[se]c2cc(C(=O)c3ccc([N+](=O)[O-])cc3)ccc21. The van der Waals surface area contributed by atoms with Crippen LogP contribution in [0.4, 0.5) is 5.69 Å². The fourth-order valence-corrected chi connectivity index (χ4v) is 4.10. The van der Waals surface area contributed by atoms with Gasteiger partial charge in [-0.25, -0.2) is 0 Å². The normalized spacial score (nSPS) is 10.8. The zero-order valence-electron chi connectivity index (χ0n) is 11.5. The van der Waals surface area contributed by atoms with Crippen molar-refractivity contribution in [3.05, 3.63) is 72.9 Å². The molecule has 0 aliphatic carbocycles. The summed E-state index contributed by atoms with van der Waals surface area (Å²) in [4.78, 5) is 34.2. The zero-order chi connectivity index (χ0) is 15.9. The van der Waals surface area contributed by atoms with Gasteiger partial charge in [-0.1, -0.05) is 0 Å². The van der Waals surface area contributed by atoms with Crippen LogP contribution in [0.1, 0.15) is 15.9 Å². The number of carbonyl (C=O) groups is 1. The van der Waals surface area contributed by atoms with Crippen molar-refractivity contribution in [2.24, 2.45) is 7.05 Å². The Kier molecular flexibility index (Phi) is 3.52. The van der Waals surface area contributed by atoms with E-state index in [1.165, 1.54) is 24.3 Å². The molecule has 0 amide bonds. The molecule has 0 unspecified atom stereocenters. The summed E-state index contributed by atoms with van der Waals surface area (Å²) in [5.74, 6) is -0.212. The van der Waals surface area contributed by atoms with Gasteiger partial charge >= 0.3 is 130 Å². The van der Waals surface area contributed by atoms with Crippen molar-refractivity contribution >= 4 is 35.8 Å². The Morgan fingerprint density at radius 3 is 2.41 bits per heavy atom. The molecule has 0 aliphatic rings.